The van der Waals surface area contributed by atoms with Crippen molar-refractivity contribution in [2.45, 2.75) is 101 Å². The molecule has 23 nitrogen and oxygen atoms in total. The number of anilines is 1. The predicted molar refractivity (Wildman–Crippen MR) is 291 cm³/mol. The number of hydrogen-bond acceptors (Lipinski definition) is 22. The van der Waals surface area contributed by atoms with E-state index in [2.05, 4.69) is 4.74 Å². The highest BCUT2D eigenvalue weighted by Crippen LogP contribution is 2.54. The number of allylic oxidation sites excluding steroid dienone is 8. The van der Waals surface area contributed by atoms with Crippen LogP contribution in [0.5, 0.6) is 5.75 Å². The van der Waals surface area contributed by atoms with Gasteiger partial charge in [-0.3, -0.25) is 4.79 Å². The van der Waals surface area contributed by atoms with Crippen LogP contribution in [0.2, 0.25) is 0 Å². The van der Waals surface area contributed by atoms with Crippen LogP contribution in [-0.4, -0.2) is 127 Å². The summed E-state index contributed by atoms with van der Waals surface area (Å²) in [5, 5.41) is -0.694. The number of fused-ring (bicyclic) bond motifs is 6. The van der Waals surface area contributed by atoms with E-state index in [0.29, 0.717) is 34.9 Å². The molecule has 2 aliphatic heterocycles. The van der Waals surface area contributed by atoms with Crippen molar-refractivity contribution in [2.24, 2.45) is 0 Å². The average molecular weight is 1320 g/mol. The van der Waals surface area contributed by atoms with Gasteiger partial charge >= 0.3 is 5.97 Å². The summed E-state index contributed by atoms with van der Waals surface area (Å²) in [7, 11) is -31.1. The van der Waals surface area contributed by atoms with Crippen molar-refractivity contribution in [3.8, 4) is 5.75 Å². The molecule has 0 spiro atoms. The van der Waals surface area contributed by atoms with E-state index >= 15 is 0 Å². The minimum atomic E-state index is -6.06. The Balaban J connectivity index is 1.27. The van der Waals surface area contributed by atoms with Crippen LogP contribution in [0, 0.1) is 23.3 Å². The van der Waals surface area contributed by atoms with Gasteiger partial charge in [0.15, 0.2) is 17.3 Å². The number of methoxy groups -OCH3 is 1. The SMILES string of the molecule is CCN1/C(=C/C=C/C=C/C=C/C2=[N+](CCCCCC(=O)Oc3c(F)c(F)c(S(=O)(=O)[O-])c(F)c3F)c3ccc4c(S(=O)(=O)[O-])cc(S(=O)(=O)[O-])cc4c3C2(C)CCOC)C(C)(CCCS(=O)(=O)[O-])c2c1ccc1c(S(=O)(=O)[O-])cc(S(=O)(=O)[O-])cc21. The van der Waals surface area contributed by atoms with Crippen molar-refractivity contribution >= 4 is 105 Å². The lowest BCUT2D eigenvalue weighted by molar-refractivity contribution is -0.438. The Labute approximate surface area is 492 Å². The molecule has 33 heteroatoms. The van der Waals surface area contributed by atoms with E-state index in [1.165, 1.54) is 31.4 Å². The minimum Gasteiger partial charge on any atom is -0.748 e. The molecule has 0 bridgehead atoms. The molecule has 466 valence electrons. The van der Waals surface area contributed by atoms with E-state index in [1.807, 2.05) is 0 Å². The molecule has 2 heterocycles. The molecular weight excluding hydrogens is 1270 g/mol. The summed E-state index contributed by atoms with van der Waals surface area (Å²) >= 11 is 0. The summed E-state index contributed by atoms with van der Waals surface area (Å²) in [4.78, 5) is 7.90. The Morgan fingerprint density at radius 1 is 0.605 bits per heavy atom. The zero-order valence-electron chi connectivity index (χ0n) is 45.4. The van der Waals surface area contributed by atoms with Crippen molar-refractivity contribution < 1.29 is 114 Å². The molecule has 2 atom stereocenters. The molecular formula is C53H49F4N2O21S6-5. The summed E-state index contributed by atoms with van der Waals surface area (Å²) in [6.07, 6.45) is 10.2. The number of benzene rings is 5. The third-order valence-corrected chi connectivity index (χ3v) is 19.7. The van der Waals surface area contributed by atoms with Gasteiger partial charge in [0.25, 0.3) is 0 Å². The highest BCUT2D eigenvalue weighted by atomic mass is 32.2. The summed E-state index contributed by atoms with van der Waals surface area (Å²) in [5.41, 5.74) is -0.615. The molecule has 5 aromatic rings. The van der Waals surface area contributed by atoms with E-state index in [-0.39, 0.29) is 90.9 Å². The molecule has 86 heavy (non-hydrogen) atoms. The number of ether oxygens (including phenoxy) is 2. The second kappa shape index (κ2) is 24.7. The van der Waals surface area contributed by atoms with Crippen molar-refractivity contribution in [3.05, 3.63) is 131 Å². The maximum absolute atomic E-state index is 14.6. The lowest BCUT2D eigenvalue weighted by atomic mass is 9.75. The summed E-state index contributed by atoms with van der Waals surface area (Å²) in [5.74, 6) is -14.4. The number of likely N-dealkylation sites (N-methyl/N-ethyl adjacent to an activating group) is 1. The molecule has 2 unspecified atom stereocenters. The fourth-order valence-electron chi connectivity index (χ4n) is 11.0. The normalized spacial score (nSPS) is 18.5. The first-order chi connectivity index (χ1) is 39.7. The first-order valence-electron chi connectivity index (χ1n) is 25.4. The second-order valence-electron chi connectivity index (χ2n) is 20.2. The van der Waals surface area contributed by atoms with Gasteiger partial charge in [-0.1, -0.05) is 36.4 Å². The van der Waals surface area contributed by atoms with Crippen LogP contribution >= 0.6 is 0 Å². The molecule has 0 saturated heterocycles. The maximum atomic E-state index is 14.6. The average Bonchev–Trinajstić information content (AvgIpc) is 1.53. The second-order valence-corrected chi connectivity index (χ2v) is 28.5. The smallest absolute Gasteiger partial charge is 0.311 e. The van der Waals surface area contributed by atoms with Crippen molar-refractivity contribution in [3.63, 3.8) is 0 Å². The van der Waals surface area contributed by atoms with Gasteiger partial charge in [0.05, 0.1) is 35.1 Å². The lowest BCUT2D eigenvalue weighted by Gasteiger charge is -2.30. The first-order valence-corrected chi connectivity index (χ1v) is 34.0. The molecule has 7 rings (SSSR count). The molecule has 0 aliphatic carbocycles. The zero-order valence-corrected chi connectivity index (χ0v) is 50.3. The fraction of sp³-hybridized carbons (Fsp3) is 0.321. The summed E-state index contributed by atoms with van der Waals surface area (Å²) in [6, 6.07) is 8.19. The Morgan fingerprint density at radius 2 is 1.14 bits per heavy atom. The Morgan fingerprint density at radius 3 is 1.65 bits per heavy atom. The number of nitrogens with zero attached hydrogens (tertiary/aromatic N) is 2. The van der Waals surface area contributed by atoms with Crippen LogP contribution in [0.1, 0.15) is 76.8 Å². The Bertz CT molecular complexity index is 4500. The van der Waals surface area contributed by atoms with Gasteiger partial charge in [-0.2, -0.15) is 13.4 Å². The molecule has 5 aromatic carbocycles. The van der Waals surface area contributed by atoms with E-state index in [0.717, 1.165) is 12.1 Å². The van der Waals surface area contributed by atoms with Crippen LogP contribution in [0.15, 0.2) is 121 Å². The number of hydrogen-bond donors (Lipinski definition) is 0. The van der Waals surface area contributed by atoms with E-state index in [4.69, 9.17) is 4.74 Å². The maximum Gasteiger partial charge on any atom is 0.311 e. The topological polar surface area (TPSA) is 385 Å². The largest absolute Gasteiger partial charge is 0.748 e. The van der Waals surface area contributed by atoms with Gasteiger partial charge in [0.1, 0.15) is 62.0 Å². The zero-order chi connectivity index (χ0) is 64.1. The molecule has 0 aromatic heterocycles. The van der Waals surface area contributed by atoms with Gasteiger partial charge in [-0.15, -0.1) is 0 Å². The molecule has 0 amide bonds. The summed E-state index contributed by atoms with van der Waals surface area (Å²) in [6.45, 7) is 5.27. The van der Waals surface area contributed by atoms with E-state index in [1.54, 1.807) is 72.8 Å². The van der Waals surface area contributed by atoms with Gasteiger partial charge in [0, 0.05) is 78.7 Å². The minimum absolute atomic E-state index is 0.00140. The quantitative estimate of drug-likeness (QED) is 0.00955. The van der Waals surface area contributed by atoms with Gasteiger partial charge in [0.2, 0.25) is 23.1 Å². The Kier molecular flexibility index (Phi) is 19.3. The molecule has 0 radical (unpaired) electrons. The van der Waals surface area contributed by atoms with Crippen molar-refractivity contribution in [2.75, 3.05) is 37.5 Å². The molecule has 0 fully saturated rings. The molecule has 0 N–H and O–H groups in total. The van der Waals surface area contributed by atoms with Crippen LogP contribution in [0.3, 0.4) is 0 Å². The van der Waals surface area contributed by atoms with Gasteiger partial charge in [-0.05, 0) is 117 Å². The Hall–Kier alpha value is -6.34. The standard InChI is InChI=1S/C53H54F4N2O21S6/c1-5-58-37-20-18-33-35(27-31(82(64,65)66)29-39(33)84(70,71)72)44(37)52(2,22-14-26-81(61,62)63)41(58)15-10-7-6-8-11-16-42-53(3,23-25-79-4)45-36-28-32(83(67,68)69)30-40(85(73,74)75)34(36)19-21-38(45)59(42)24-13-9-12-17-43(60)80-50-46(54)48(56)51(86(76,77)78)49(57)47(50)55/h6-8,10-11,15-16,18-21,27-30H,5,9,12-14,17,22-26H2,1-4H3,(H5-,61,62,63,64,65,66,67,68,69,70,71,72,73,74,75,76,77,78)/p-5. The number of carbonyl (C=O) groups excluding carboxylic acids is 1. The third-order valence-electron chi connectivity index (χ3n) is 14.7. The van der Waals surface area contributed by atoms with Crippen LogP contribution in [-0.2, 0) is 81.1 Å². The number of unbranched alkanes of at least 4 members (excludes halogenated alkanes) is 2. The summed E-state index contributed by atoms with van der Waals surface area (Å²) < 4.78 is 289. The van der Waals surface area contributed by atoms with Crippen LogP contribution in [0.4, 0.5) is 28.9 Å². The monoisotopic (exact) mass is 1320 g/mol. The molecule has 0 saturated carbocycles. The highest BCUT2D eigenvalue weighted by Gasteiger charge is 2.49. The number of carbonyl (C=O) groups is 1. The lowest BCUT2D eigenvalue weighted by Crippen LogP contribution is -2.33. The third kappa shape index (κ3) is 13.7. The van der Waals surface area contributed by atoms with Crippen molar-refractivity contribution in [1.29, 1.82) is 0 Å². The number of halogens is 4. The van der Waals surface area contributed by atoms with Crippen LogP contribution in [0.25, 0.3) is 21.5 Å². The van der Waals surface area contributed by atoms with Gasteiger partial charge < -0.3 is 41.7 Å². The van der Waals surface area contributed by atoms with Gasteiger partial charge in [-0.25, -0.2) is 59.3 Å². The fourth-order valence-corrected chi connectivity index (χ4v) is 14.7. The number of rotatable bonds is 24. The molecule has 2 aliphatic rings. The van der Waals surface area contributed by atoms with Crippen LogP contribution < -0.4 is 9.64 Å². The van der Waals surface area contributed by atoms with E-state index in [9.17, 15) is 100 Å². The number of esters is 1. The van der Waals surface area contributed by atoms with Crippen molar-refractivity contribution in [1.82, 2.24) is 0 Å². The first kappa shape index (κ1) is 67.2. The van der Waals surface area contributed by atoms with E-state index < -0.39 is 143 Å². The highest BCUT2D eigenvalue weighted by molar-refractivity contribution is 7.87. The predicted octanol–water partition coefficient (Wildman–Crippen LogP) is 6.30.